The van der Waals surface area contributed by atoms with Crippen LogP contribution in [0.25, 0.3) is 22.9 Å². The summed E-state index contributed by atoms with van der Waals surface area (Å²) in [5.74, 6) is -0.331. The van der Waals surface area contributed by atoms with Crippen molar-refractivity contribution in [3.63, 3.8) is 0 Å². The van der Waals surface area contributed by atoms with Crippen molar-refractivity contribution in [2.45, 2.75) is 13.8 Å². The lowest BCUT2D eigenvalue weighted by Gasteiger charge is -2.11. The number of aryl methyl sites for hydroxylation is 1. The number of nitrogens with zero attached hydrogens (tertiary/aromatic N) is 1. The number of rotatable bonds is 3. The standard InChI is InChI=1S/C22H18N2O2S/c1-14-12-18(13-20-21(25)23-22(26)27-20)15(2)24(14)19-10-8-17(9-11-19)16-6-4-3-5-7-16/h3-13H,1-2H3,(H,23,25,26)/b20-13+. The van der Waals surface area contributed by atoms with Crippen LogP contribution >= 0.6 is 11.8 Å². The van der Waals surface area contributed by atoms with E-state index in [9.17, 15) is 9.59 Å². The number of carbonyl (C=O) groups excluding carboxylic acids is 2. The molecule has 0 spiro atoms. The van der Waals surface area contributed by atoms with Crippen LogP contribution in [0.1, 0.15) is 17.0 Å². The first-order valence-corrected chi connectivity index (χ1v) is 9.44. The fourth-order valence-electron chi connectivity index (χ4n) is 3.33. The lowest BCUT2D eigenvalue weighted by atomic mass is 10.1. The quantitative estimate of drug-likeness (QED) is 0.650. The predicted molar refractivity (Wildman–Crippen MR) is 110 cm³/mol. The molecule has 4 nitrogen and oxygen atoms in total. The molecular formula is C22H18N2O2S. The highest BCUT2D eigenvalue weighted by Crippen LogP contribution is 2.29. The van der Waals surface area contributed by atoms with E-state index in [1.165, 1.54) is 11.1 Å². The van der Waals surface area contributed by atoms with Gasteiger partial charge in [-0.3, -0.25) is 14.9 Å². The zero-order valence-electron chi connectivity index (χ0n) is 15.0. The van der Waals surface area contributed by atoms with Crippen LogP contribution in [-0.4, -0.2) is 15.7 Å². The van der Waals surface area contributed by atoms with Crippen molar-refractivity contribution in [3.05, 3.63) is 82.5 Å². The van der Waals surface area contributed by atoms with Crippen molar-refractivity contribution in [1.82, 2.24) is 9.88 Å². The molecule has 0 saturated carbocycles. The number of hydrogen-bond acceptors (Lipinski definition) is 3. The molecule has 1 aliphatic heterocycles. The van der Waals surface area contributed by atoms with E-state index in [0.717, 1.165) is 34.4 Å². The van der Waals surface area contributed by atoms with Gasteiger partial charge < -0.3 is 4.57 Å². The van der Waals surface area contributed by atoms with Crippen LogP contribution in [-0.2, 0) is 4.79 Å². The minimum Gasteiger partial charge on any atom is -0.318 e. The van der Waals surface area contributed by atoms with Crippen LogP contribution in [0.4, 0.5) is 4.79 Å². The summed E-state index contributed by atoms with van der Waals surface area (Å²) in [6, 6.07) is 20.7. The van der Waals surface area contributed by atoms with Crippen molar-refractivity contribution < 1.29 is 9.59 Å². The second-order valence-corrected chi connectivity index (χ2v) is 7.44. The number of nitrogens with one attached hydrogen (secondary N) is 1. The Bertz CT molecular complexity index is 1060. The molecule has 1 fully saturated rings. The van der Waals surface area contributed by atoms with Gasteiger partial charge in [-0.05, 0) is 66.6 Å². The first kappa shape index (κ1) is 17.4. The van der Waals surface area contributed by atoms with Gasteiger partial charge in [-0.1, -0.05) is 42.5 Å². The normalized spacial score (nSPS) is 15.4. The largest absolute Gasteiger partial charge is 0.318 e. The number of amides is 2. The average Bonchev–Trinajstić information content (AvgIpc) is 3.13. The smallest absolute Gasteiger partial charge is 0.290 e. The van der Waals surface area contributed by atoms with Gasteiger partial charge in [0.15, 0.2) is 0 Å². The van der Waals surface area contributed by atoms with Gasteiger partial charge in [0.1, 0.15) is 0 Å². The average molecular weight is 374 g/mol. The van der Waals surface area contributed by atoms with E-state index >= 15 is 0 Å². The summed E-state index contributed by atoms with van der Waals surface area (Å²) in [5.41, 5.74) is 6.45. The van der Waals surface area contributed by atoms with Crippen LogP contribution in [0.15, 0.2) is 65.6 Å². The Morgan fingerprint density at radius 3 is 2.22 bits per heavy atom. The number of carbonyl (C=O) groups is 2. The maximum atomic E-state index is 11.8. The molecule has 0 radical (unpaired) electrons. The van der Waals surface area contributed by atoms with Gasteiger partial charge in [-0.15, -0.1) is 0 Å². The molecule has 4 rings (SSSR count). The zero-order chi connectivity index (χ0) is 19.0. The van der Waals surface area contributed by atoms with E-state index in [1.807, 2.05) is 38.1 Å². The minimum absolute atomic E-state index is 0.323. The predicted octanol–water partition coefficient (Wildman–Crippen LogP) is 5.09. The third kappa shape index (κ3) is 3.34. The second-order valence-electron chi connectivity index (χ2n) is 6.43. The molecule has 134 valence electrons. The Morgan fingerprint density at radius 1 is 0.926 bits per heavy atom. The van der Waals surface area contributed by atoms with Gasteiger partial charge in [0.05, 0.1) is 4.91 Å². The van der Waals surface area contributed by atoms with E-state index in [2.05, 4.69) is 46.3 Å². The molecular weight excluding hydrogens is 356 g/mol. The minimum atomic E-state index is -0.331. The first-order chi connectivity index (χ1) is 13.0. The van der Waals surface area contributed by atoms with Gasteiger partial charge in [0.25, 0.3) is 11.1 Å². The molecule has 2 amide bonds. The maximum absolute atomic E-state index is 11.8. The van der Waals surface area contributed by atoms with Gasteiger partial charge in [0, 0.05) is 17.1 Å². The Balaban J connectivity index is 1.69. The molecule has 0 aliphatic carbocycles. The first-order valence-electron chi connectivity index (χ1n) is 8.62. The third-order valence-corrected chi connectivity index (χ3v) is 5.44. The molecule has 0 atom stereocenters. The zero-order valence-corrected chi connectivity index (χ0v) is 15.8. The number of hydrogen-bond donors (Lipinski definition) is 1. The van der Waals surface area contributed by atoms with Crippen molar-refractivity contribution >= 4 is 29.0 Å². The Hall–Kier alpha value is -3.05. The van der Waals surface area contributed by atoms with Gasteiger partial charge >= 0.3 is 0 Å². The molecule has 1 aromatic heterocycles. The summed E-state index contributed by atoms with van der Waals surface area (Å²) in [6.45, 7) is 4.05. The van der Waals surface area contributed by atoms with Crippen LogP contribution in [0.2, 0.25) is 0 Å². The highest BCUT2D eigenvalue weighted by atomic mass is 32.2. The van der Waals surface area contributed by atoms with Crippen LogP contribution in [0.5, 0.6) is 0 Å². The number of imide groups is 1. The number of thioether (sulfide) groups is 1. The Morgan fingerprint density at radius 2 is 1.59 bits per heavy atom. The fourth-order valence-corrected chi connectivity index (χ4v) is 4.00. The van der Waals surface area contributed by atoms with Crippen molar-refractivity contribution in [2.75, 3.05) is 0 Å². The highest BCUT2D eigenvalue weighted by Gasteiger charge is 2.25. The van der Waals surface area contributed by atoms with E-state index in [0.29, 0.717) is 4.91 Å². The lowest BCUT2D eigenvalue weighted by Crippen LogP contribution is -2.17. The Kier molecular flexibility index (Phi) is 4.46. The fraction of sp³-hybridized carbons (Fsp3) is 0.0909. The second kappa shape index (κ2) is 6.93. The summed E-state index contributed by atoms with van der Waals surface area (Å²) in [4.78, 5) is 23.6. The van der Waals surface area contributed by atoms with Crippen LogP contribution in [0.3, 0.4) is 0 Å². The summed E-state index contributed by atoms with van der Waals surface area (Å²) < 4.78 is 2.15. The van der Waals surface area contributed by atoms with Gasteiger partial charge in [0.2, 0.25) is 0 Å². The van der Waals surface area contributed by atoms with Crippen LogP contribution in [0, 0.1) is 13.8 Å². The molecule has 1 saturated heterocycles. The molecule has 0 unspecified atom stereocenters. The van der Waals surface area contributed by atoms with E-state index in [4.69, 9.17) is 0 Å². The van der Waals surface area contributed by atoms with E-state index in [-0.39, 0.29) is 11.1 Å². The van der Waals surface area contributed by atoms with Crippen molar-refractivity contribution in [2.24, 2.45) is 0 Å². The highest BCUT2D eigenvalue weighted by molar-refractivity contribution is 8.18. The SMILES string of the molecule is Cc1cc(/C=C2/SC(=O)NC2=O)c(C)n1-c1ccc(-c2ccccc2)cc1. The molecule has 1 N–H and O–H groups in total. The Labute approximate surface area is 161 Å². The van der Waals surface area contributed by atoms with Crippen LogP contribution < -0.4 is 5.32 Å². The summed E-state index contributed by atoms with van der Waals surface area (Å²) in [7, 11) is 0. The summed E-state index contributed by atoms with van der Waals surface area (Å²) in [5, 5.41) is 1.97. The van der Waals surface area contributed by atoms with Crippen molar-refractivity contribution in [3.8, 4) is 16.8 Å². The van der Waals surface area contributed by atoms with E-state index in [1.54, 1.807) is 6.08 Å². The summed E-state index contributed by atoms with van der Waals surface area (Å²) in [6.07, 6.45) is 1.78. The topological polar surface area (TPSA) is 51.1 Å². The molecule has 3 aromatic rings. The van der Waals surface area contributed by atoms with E-state index < -0.39 is 0 Å². The number of benzene rings is 2. The molecule has 1 aliphatic rings. The summed E-state index contributed by atoms with van der Waals surface area (Å²) >= 11 is 0.940. The third-order valence-electron chi connectivity index (χ3n) is 4.63. The van der Waals surface area contributed by atoms with Gasteiger partial charge in [-0.2, -0.15) is 0 Å². The molecule has 27 heavy (non-hydrogen) atoms. The molecule has 5 heteroatoms. The molecule has 2 heterocycles. The molecule has 0 bridgehead atoms. The molecule has 2 aromatic carbocycles. The maximum Gasteiger partial charge on any atom is 0.290 e. The number of aromatic nitrogens is 1. The lowest BCUT2D eigenvalue weighted by molar-refractivity contribution is -0.115. The van der Waals surface area contributed by atoms with Gasteiger partial charge in [-0.25, -0.2) is 0 Å². The van der Waals surface area contributed by atoms with Crippen molar-refractivity contribution in [1.29, 1.82) is 0 Å². The monoisotopic (exact) mass is 374 g/mol.